The number of nitrogens with two attached hydrogens (primary N) is 1. The molecule has 5 heteroatoms. The molecule has 0 radical (unpaired) electrons. The molecule has 16 heavy (non-hydrogen) atoms. The number of hydrogen-bond acceptors (Lipinski definition) is 5. The van der Waals surface area contributed by atoms with Gasteiger partial charge in [0.1, 0.15) is 0 Å². The molecule has 0 amide bonds. The van der Waals surface area contributed by atoms with E-state index in [1.54, 1.807) is 6.20 Å². The largest absolute Gasteiger partial charge is 0.400 e. The van der Waals surface area contributed by atoms with Gasteiger partial charge in [-0.3, -0.25) is 0 Å². The first-order valence-corrected chi connectivity index (χ1v) is 5.29. The number of anilines is 1. The molecule has 1 aromatic heterocycles. The van der Waals surface area contributed by atoms with E-state index in [2.05, 4.69) is 16.9 Å². The predicted molar refractivity (Wildman–Crippen MR) is 65.7 cm³/mol. The molecule has 0 aliphatic carbocycles. The van der Waals surface area contributed by atoms with Crippen molar-refractivity contribution in [2.75, 3.05) is 18.0 Å². The van der Waals surface area contributed by atoms with Crippen molar-refractivity contribution in [2.24, 2.45) is 5.73 Å². The number of hydrogen-bond donors (Lipinski definition) is 2. The molecule has 1 aromatic rings. The highest BCUT2D eigenvalue weighted by Crippen LogP contribution is 2.17. The Morgan fingerprint density at radius 2 is 2.44 bits per heavy atom. The first kappa shape index (κ1) is 10.6. The summed E-state index contributed by atoms with van der Waals surface area (Å²) < 4.78 is 0. The smallest absolute Gasteiger partial charge is 0.226 e. The van der Waals surface area contributed by atoms with Gasteiger partial charge in [0.25, 0.3) is 0 Å². The molecule has 1 aliphatic rings. The molecule has 1 aliphatic heterocycles. The minimum atomic E-state index is 0. The molecule has 0 fully saturated rings. The van der Waals surface area contributed by atoms with E-state index in [1.807, 2.05) is 11.0 Å². The fourth-order valence-corrected chi connectivity index (χ4v) is 1.68. The molecule has 3 N–H and O–H groups in total. The van der Waals surface area contributed by atoms with E-state index >= 15 is 0 Å². The summed E-state index contributed by atoms with van der Waals surface area (Å²) in [5.41, 5.74) is 8.43. The zero-order valence-corrected chi connectivity index (χ0v) is 9.27. The van der Waals surface area contributed by atoms with Gasteiger partial charge in [0.2, 0.25) is 5.95 Å². The van der Waals surface area contributed by atoms with Crippen LogP contribution in [-0.4, -0.2) is 29.3 Å². The Kier molecular flexibility index (Phi) is 2.85. The van der Waals surface area contributed by atoms with Crippen LogP contribution in [0.5, 0.6) is 0 Å². The minimum absolute atomic E-state index is 0. The van der Waals surface area contributed by atoms with Crippen molar-refractivity contribution in [1.82, 2.24) is 9.97 Å². The van der Waals surface area contributed by atoms with Gasteiger partial charge in [-0.2, -0.15) is 0 Å². The second-order valence-corrected chi connectivity index (χ2v) is 3.75. The molecular formula is C11H17N5. The van der Waals surface area contributed by atoms with Gasteiger partial charge in [-0.05, 0) is 12.5 Å². The quantitative estimate of drug-likeness (QED) is 0.742. The van der Waals surface area contributed by atoms with Crippen molar-refractivity contribution in [3.63, 3.8) is 0 Å². The fraction of sp³-hybridized carbons (Fsp3) is 0.364. The lowest BCUT2D eigenvalue weighted by Gasteiger charge is -2.15. The van der Waals surface area contributed by atoms with Gasteiger partial charge in [-0.15, -0.1) is 0 Å². The summed E-state index contributed by atoms with van der Waals surface area (Å²) in [7, 11) is 0. The SMILES string of the molecule is CCc1ccnc(N2CC(N)=C(C=N)C2)n1.[HH]. The zero-order valence-electron chi connectivity index (χ0n) is 9.27. The van der Waals surface area contributed by atoms with Gasteiger partial charge in [-0.25, -0.2) is 9.97 Å². The van der Waals surface area contributed by atoms with Crippen molar-refractivity contribution in [3.05, 3.63) is 29.2 Å². The van der Waals surface area contributed by atoms with Crippen molar-refractivity contribution in [3.8, 4) is 0 Å². The summed E-state index contributed by atoms with van der Waals surface area (Å²) in [6.07, 6.45) is 3.96. The number of aromatic nitrogens is 2. The van der Waals surface area contributed by atoms with Crippen LogP contribution in [-0.2, 0) is 6.42 Å². The van der Waals surface area contributed by atoms with Crippen LogP contribution < -0.4 is 10.6 Å². The van der Waals surface area contributed by atoms with E-state index in [4.69, 9.17) is 11.1 Å². The summed E-state index contributed by atoms with van der Waals surface area (Å²) in [5.74, 6) is 0.694. The van der Waals surface area contributed by atoms with Crippen LogP contribution in [0.2, 0.25) is 0 Å². The first-order chi connectivity index (χ1) is 7.74. The van der Waals surface area contributed by atoms with Gasteiger partial charge in [0.15, 0.2) is 0 Å². The third-order valence-electron chi connectivity index (χ3n) is 2.65. The zero-order chi connectivity index (χ0) is 11.5. The van der Waals surface area contributed by atoms with E-state index in [-0.39, 0.29) is 1.43 Å². The number of rotatable bonds is 3. The monoisotopic (exact) mass is 219 g/mol. The Labute approximate surface area is 96.0 Å². The van der Waals surface area contributed by atoms with Crippen LogP contribution in [0, 0.1) is 5.41 Å². The number of aryl methyl sites for hydroxylation is 1. The van der Waals surface area contributed by atoms with Gasteiger partial charge in [0.05, 0.1) is 6.54 Å². The molecule has 0 aromatic carbocycles. The van der Waals surface area contributed by atoms with Crippen LogP contribution in [0.3, 0.4) is 0 Å². The van der Waals surface area contributed by atoms with Crippen molar-refractivity contribution in [2.45, 2.75) is 13.3 Å². The average molecular weight is 219 g/mol. The standard InChI is InChI=1S/C11H15N5.H2/c1-2-9-3-4-14-11(15-9)16-6-8(5-12)10(13)7-16;/h3-5,12H,2,6-7,13H2,1H3;1H. The van der Waals surface area contributed by atoms with Gasteiger partial charge < -0.3 is 16.0 Å². The van der Waals surface area contributed by atoms with Gasteiger partial charge in [0, 0.05) is 37.3 Å². The topological polar surface area (TPSA) is 78.9 Å². The third-order valence-corrected chi connectivity index (χ3v) is 2.65. The molecule has 0 saturated carbocycles. The Morgan fingerprint density at radius 1 is 1.62 bits per heavy atom. The van der Waals surface area contributed by atoms with Crippen LogP contribution >= 0.6 is 0 Å². The van der Waals surface area contributed by atoms with E-state index < -0.39 is 0 Å². The second kappa shape index (κ2) is 4.30. The lowest BCUT2D eigenvalue weighted by atomic mass is 10.3. The highest BCUT2D eigenvalue weighted by atomic mass is 15.3. The van der Waals surface area contributed by atoms with Crippen LogP contribution in [0.15, 0.2) is 23.5 Å². The van der Waals surface area contributed by atoms with Crippen LogP contribution in [0.25, 0.3) is 0 Å². The first-order valence-electron chi connectivity index (χ1n) is 5.29. The van der Waals surface area contributed by atoms with Crippen molar-refractivity contribution < 1.29 is 1.43 Å². The Hall–Kier alpha value is -1.91. The van der Waals surface area contributed by atoms with Crippen LogP contribution in [0.1, 0.15) is 14.0 Å². The molecule has 0 spiro atoms. The minimum Gasteiger partial charge on any atom is -0.400 e. The molecule has 0 atom stereocenters. The molecule has 0 bridgehead atoms. The van der Waals surface area contributed by atoms with E-state index in [0.717, 1.165) is 23.4 Å². The van der Waals surface area contributed by atoms with Gasteiger partial charge >= 0.3 is 0 Å². The van der Waals surface area contributed by atoms with E-state index in [0.29, 0.717) is 19.0 Å². The summed E-state index contributed by atoms with van der Waals surface area (Å²) in [4.78, 5) is 10.6. The lowest BCUT2D eigenvalue weighted by molar-refractivity contribution is 0.880. The van der Waals surface area contributed by atoms with Crippen molar-refractivity contribution in [1.29, 1.82) is 5.41 Å². The van der Waals surface area contributed by atoms with E-state index in [1.165, 1.54) is 6.21 Å². The predicted octanol–water partition coefficient (Wildman–Crippen LogP) is 0.967. The molecule has 0 saturated heterocycles. The lowest BCUT2D eigenvalue weighted by Crippen LogP contribution is -2.24. The second-order valence-electron chi connectivity index (χ2n) is 3.75. The summed E-state index contributed by atoms with van der Waals surface area (Å²) in [6, 6.07) is 1.91. The van der Waals surface area contributed by atoms with Gasteiger partial charge in [-0.1, -0.05) is 6.92 Å². The van der Waals surface area contributed by atoms with Crippen LogP contribution in [0.4, 0.5) is 5.95 Å². The molecular weight excluding hydrogens is 202 g/mol. The molecule has 0 unspecified atom stereocenters. The molecule has 2 heterocycles. The number of nitrogens with zero attached hydrogens (tertiary/aromatic N) is 3. The Bertz CT molecular complexity index is 443. The summed E-state index contributed by atoms with van der Waals surface area (Å²) in [6.45, 7) is 3.30. The summed E-state index contributed by atoms with van der Waals surface area (Å²) in [5, 5.41) is 7.23. The molecule has 5 nitrogen and oxygen atoms in total. The Balaban J connectivity index is 0.00000144. The fourth-order valence-electron chi connectivity index (χ4n) is 1.68. The third kappa shape index (κ3) is 1.88. The molecule has 2 rings (SSSR count). The highest BCUT2D eigenvalue weighted by Gasteiger charge is 2.20. The maximum absolute atomic E-state index is 7.23. The summed E-state index contributed by atoms with van der Waals surface area (Å²) >= 11 is 0. The van der Waals surface area contributed by atoms with E-state index in [9.17, 15) is 0 Å². The normalized spacial score (nSPS) is 15.7. The Morgan fingerprint density at radius 3 is 3.06 bits per heavy atom. The maximum atomic E-state index is 7.23. The highest BCUT2D eigenvalue weighted by molar-refractivity contribution is 5.80. The van der Waals surface area contributed by atoms with Crippen molar-refractivity contribution >= 4 is 12.2 Å². The number of nitrogens with one attached hydrogen (secondary N) is 1. The average Bonchev–Trinajstić information content (AvgIpc) is 2.71. The maximum Gasteiger partial charge on any atom is 0.226 e. The molecule has 86 valence electrons.